The van der Waals surface area contributed by atoms with E-state index in [4.69, 9.17) is 9.47 Å². The normalized spacial score (nSPS) is 16.8. The fourth-order valence-electron chi connectivity index (χ4n) is 4.78. The summed E-state index contributed by atoms with van der Waals surface area (Å²) >= 11 is 0. The molecule has 38 heavy (non-hydrogen) atoms. The van der Waals surface area contributed by atoms with Gasteiger partial charge in [-0.05, 0) is 28.8 Å². The first-order valence-electron chi connectivity index (χ1n) is 12.9. The lowest BCUT2D eigenvalue weighted by Crippen LogP contribution is -2.51. The second-order valence-electron chi connectivity index (χ2n) is 9.43. The van der Waals surface area contributed by atoms with E-state index in [1.54, 1.807) is 6.07 Å². The summed E-state index contributed by atoms with van der Waals surface area (Å²) in [5.74, 6) is -0.205. The molecule has 0 saturated carbocycles. The Balaban J connectivity index is 1.42. The van der Waals surface area contributed by atoms with Crippen molar-refractivity contribution in [3.8, 4) is 5.75 Å². The van der Waals surface area contributed by atoms with Gasteiger partial charge >= 0.3 is 0 Å². The molecule has 5 rings (SSSR count). The third-order valence-corrected chi connectivity index (χ3v) is 6.61. The zero-order valence-electron chi connectivity index (χ0n) is 21.1. The van der Waals surface area contributed by atoms with Gasteiger partial charge in [-0.15, -0.1) is 0 Å². The second kappa shape index (κ2) is 12.5. The average molecular weight is 511 g/mol. The van der Waals surface area contributed by atoms with Gasteiger partial charge in [0.1, 0.15) is 23.7 Å². The van der Waals surface area contributed by atoms with Crippen LogP contribution in [0.3, 0.4) is 0 Å². The van der Waals surface area contributed by atoms with Crippen molar-refractivity contribution in [2.24, 2.45) is 0 Å². The number of rotatable bonds is 10. The van der Waals surface area contributed by atoms with E-state index in [2.05, 4.69) is 34.5 Å². The molecule has 0 radical (unpaired) electrons. The minimum absolute atomic E-state index is 0.228. The highest BCUT2D eigenvalue weighted by atomic mass is 19.1. The fourth-order valence-corrected chi connectivity index (χ4v) is 4.78. The van der Waals surface area contributed by atoms with Crippen LogP contribution in [0.5, 0.6) is 5.75 Å². The molecule has 2 atom stereocenters. The monoisotopic (exact) mass is 510 g/mol. The Labute approximate surface area is 222 Å². The molecule has 6 heteroatoms. The number of fused-ring (bicyclic) bond motifs is 1. The number of anilines is 1. The van der Waals surface area contributed by atoms with Crippen molar-refractivity contribution in [1.82, 2.24) is 4.90 Å². The van der Waals surface area contributed by atoms with E-state index < -0.39 is 18.0 Å². The standard InChI is InChI=1S/C32H31FN2O3/c33-27-16-17-29-28(20-27)34-32(36)31(30(38-29)18-19-37-23-26-14-8-3-9-15-26)35(21-24-10-4-1-5-11-24)22-25-12-6-2-7-13-25/h1-17,20,30-31H,18-19,21-23H2,(H,34,36)/t30-,31+/m0/s1. The first-order valence-corrected chi connectivity index (χ1v) is 12.9. The summed E-state index contributed by atoms with van der Waals surface area (Å²) in [6.07, 6.45) is -0.0214. The lowest BCUT2D eigenvalue weighted by Gasteiger charge is -2.34. The molecule has 0 bridgehead atoms. The molecule has 1 heterocycles. The molecular weight excluding hydrogens is 479 g/mol. The smallest absolute Gasteiger partial charge is 0.245 e. The molecule has 5 nitrogen and oxygen atoms in total. The Morgan fingerprint density at radius 1 is 0.789 bits per heavy atom. The highest BCUT2D eigenvalue weighted by molar-refractivity contribution is 5.97. The largest absolute Gasteiger partial charge is 0.486 e. The Kier molecular flexibility index (Phi) is 8.43. The van der Waals surface area contributed by atoms with Crippen molar-refractivity contribution < 1.29 is 18.7 Å². The number of benzene rings is 4. The average Bonchev–Trinajstić information content (AvgIpc) is 3.07. The van der Waals surface area contributed by atoms with Crippen molar-refractivity contribution in [2.45, 2.75) is 38.3 Å². The lowest BCUT2D eigenvalue weighted by atomic mass is 10.0. The SMILES string of the molecule is O=C1Nc2cc(F)ccc2O[C@@H](CCOCc2ccccc2)[C@H]1N(Cc1ccccc1)Cc1ccccc1. The minimum Gasteiger partial charge on any atom is -0.486 e. The summed E-state index contributed by atoms with van der Waals surface area (Å²) < 4.78 is 26.5. The summed E-state index contributed by atoms with van der Waals surface area (Å²) in [4.78, 5) is 15.9. The van der Waals surface area contributed by atoms with Gasteiger partial charge < -0.3 is 14.8 Å². The maximum atomic E-state index is 14.1. The topological polar surface area (TPSA) is 50.8 Å². The molecule has 1 N–H and O–H groups in total. The van der Waals surface area contributed by atoms with Crippen LogP contribution in [0.25, 0.3) is 0 Å². The quantitative estimate of drug-likeness (QED) is 0.258. The summed E-state index contributed by atoms with van der Waals surface area (Å²) in [6.45, 7) is 1.97. The van der Waals surface area contributed by atoms with Gasteiger partial charge in [0.05, 0.1) is 18.9 Å². The summed E-state index contributed by atoms with van der Waals surface area (Å²) in [5.41, 5.74) is 3.59. The summed E-state index contributed by atoms with van der Waals surface area (Å²) in [5, 5.41) is 2.93. The molecule has 4 aromatic carbocycles. The number of nitrogens with zero attached hydrogens (tertiary/aromatic N) is 1. The molecule has 1 aliphatic rings. The van der Waals surface area contributed by atoms with E-state index in [9.17, 15) is 9.18 Å². The van der Waals surface area contributed by atoms with Crippen LogP contribution in [-0.4, -0.2) is 29.6 Å². The first kappa shape index (κ1) is 25.6. The molecule has 0 aromatic heterocycles. The summed E-state index contributed by atoms with van der Waals surface area (Å²) in [6, 6.07) is 33.7. The maximum absolute atomic E-state index is 14.1. The molecule has 0 spiro atoms. The van der Waals surface area contributed by atoms with Crippen molar-refractivity contribution in [3.63, 3.8) is 0 Å². The third-order valence-electron chi connectivity index (χ3n) is 6.61. The van der Waals surface area contributed by atoms with E-state index in [-0.39, 0.29) is 5.91 Å². The number of halogens is 1. The highest BCUT2D eigenvalue weighted by Crippen LogP contribution is 2.33. The Bertz CT molecular complexity index is 1280. The van der Waals surface area contributed by atoms with Crippen LogP contribution < -0.4 is 10.1 Å². The molecule has 0 unspecified atom stereocenters. The van der Waals surface area contributed by atoms with E-state index >= 15 is 0 Å². The Hall–Kier alpha value is -4.00. The van der Waals surface area contributed by atoms with Crippen LogP contribution in [0.4, 0.5) is 10.1 Å². The Morgan fingerprint density at radius 3 is 1.97 bits per heavy atom. The zero-order chi connectivity index (χ0) is 26.2. The van der Waals surface area contributed by atoms with Gasteiger partial charge in [0.25, 0.3) is 0 Å². The van der Waals surface area contributed by atoms with Crippen LogP contribution in [-0.2, 0) is 29.2 Å². The minimum atomic E-state index is -0.633. The number of carbonyl (C=O) groups is 1. The van der Waals surface area contributed by atoms with Crippen molar-refractivity contribution >= 4 is 11.6 Å². The van der Waals surface area contributed by atoms with Crippen LogP contribution in [0.2, 0.25) is 0 Å². The van der Waals surface area contributed by atoms with Crippen molar-refractivity contribution in [3.05, 3.63) is 132 Å². The highest BCUT2D eigenvalue weighted by Gasteiger charge is 2.38. The van der Waals surface area contributed by atoms with Gasteiger partial charge in [0.15, 0.2) is 0 Å². The predicted octanol–water partition coefficient (Wildman–Crippen LogP) is 6.20. The third kappa shape index (κ3) is 6.65. The number of hydrogen-bond donors (Lipinski definition) is 1. The van der Waals surface area contributed by atoms with Crippen LogP contribution in [0.15, 0.2) is 109 Å². The molecule has 1 amide bonds. The van der Waals surface area contributed by atoms with Crippen LogP contribution in [0, 0.1) is 5.82 Å². The van der Waals surface area contributed by atoms with Gasteiger partial charge in [-0.1, -0.05) is 91.0 Å². The van der Waals surface area contributed by atoms with Crippen LogP contribution in [0.1, 0.15) is 23.1 Å². The van der Waals surface area contributed by atoms with Crippen LogP contribution >= 0.6 is 0 Å². The molecule has 4 aromatic rings. The van der Waals surface area contributed by atoms with E-state index in [1.165, 1.54) is 12.1 Å². The summed E-state index contributed by atoms with van der Waals surface area (Å²) in [7, 11) is 0. The molecule has 194 valence electrons. The zero-order valence-corrected chi connectivity index (χ0v) is 21.1. The maximum Gasteiger partial charge on any atom is 0.245 e. The number of hydrogen-bond acceptors (Lipinski definition) is 4. The van der Waals surface area contributed by atoms with E-state index in [0.29, 0.717) is 44.2 Å². The molecule has 0 saturated heterocycles. The molecule has 0 fully saturated rings. The van der Waals surface area contributed by atoms with E-state index in [0.717, 1.165) is 16.7 Å². The lowest BCUT2D eigenvalue weighted by molar-refractivity contribution is -0.125. The predicted molar refractivity (Wildman–Crippen MR) is 146 cm³/mol. The Morgan fingerprint density at radius 2 is 1.37 bits per heavy atom. The van der Waals surface area contributed by atoms with Gasteiger partial charge in [-0.3, -0.25) is 9.69 Å². The van der Waals surface area contributed by atoms with Gasteiger partial charge in [0.2, 0.25) is 5.91 Å². The molecule has 1 aliphatic heterocycles. The first-order chi connectivity index (χ1) is 18.7. The second-order valence-corrected chi connectivity index (χ2v) is 9.43. The number of carbonyl (C=O) groups excluding carboxylic acids is 1. The molecule has 0 aliphatic carbocycles. The van der Waals surface area contributed by atoms with Gasteiger partial charge in [0, 0.05) is 25.6 Å². The van der Waals surface area contributed by atoms with Gasteiger partial charge in [-0.25, -0.2) is 4.39 Å². The fraction of sp³-hybridized carbons (Fsp3) is 0.219. The van der Waals surface area contributed by atoms with E-state index in [1.807, 2.05) is 66.7 Å². The van der Waals surface area contributed by atoms with Gasteiger partial charge in [-0.2, -0.15) is 0 Å². The number of nitrogens with one attached hydrogen (secondary N) is 1. The molecular formula is C32H31FN2O3. The van der Waals surface area contributed by atoms with Crippen molar-refractivity contribution in [2.75, 3.05) is 11.9 Å². The number of ether oxygens (including phenoxy) is 2. The number of amides is 1. The van der Waals surface area contributed by atoms with Crippen molar-refractivity contribution in [1.29, 1.82) is 0 Å².